The molecule has 0 fully saturated rings. The van der Waals surface area contributed by atoms with Gasteiger partial charge in [0.25, 0.3) is 0 Å². The van der Waals surface area contributed by atoms with Crippen molar-refractivity contribution in [1.82, 2.24) is 5.32 Å². The number of amides is 1. The molecule has 1 aromatic carbocycles. The smallest absolute Gasteiger partial charge is 0.340 e. The Morgan fingerprint density at radius 1 is 1.36 bits per heavy atom. The van der Waals surface area contributed by atoms with Crippen LogP contribution in [0.2, 0.25) is 0 Å². The van der Waals surface area contributed by atoms with E-state index in [0.29, 0.717) is 5.56 Å². The largest absolute Gasteiger partial charge is 0.508 e. The van der Waals surface area contributed by atoms with Crippen LogP contribution in [0.3, 0.4) is 0 Å². The number of carbonyl (C=O) groups excluding carboxylic acids is 1. The molecule has 7 heteroatoms. The van der Waals surface area contributed by atoms with Gasteiger partial charge in [-0.2, -0.15) is 0 Å². The second-order valence-electron chi connectivity index (χ2n) is 5.16. The third kappa shape index (κ3) is 3.20. The van der Waals surface area contributed by atoms with Crippen LogP contribution < -0.4 is 10.9 Å². The van der Waals surface area contributed by atoms with Gasteiger partial charge >= 0.3 is 5.63 Å². The maximum atomic E-state index is 12.0. The van der Waals surface area contributed by atoms with Gasteiger partial charge in [0.1, 0.15) is 17.1 Å². The Morgan fingerprint density at radius 2 is 2.05 bits per heavy atom. The van der Waals surface area contributed by atoms with E-state index < -0.39 is 17.6 Å². The molecule has 0 bridgehead atoms. The Kier molecular flexibility index (Phi) is 4.37. The molecule has 1 amide bonds. The van der Waals surface area contributed by atoms with Crippen LogP contribution in [0.1, 0.15) is 18.1 Å². The molecule has 0 radical (unpaired) electrons. The number of phenols is 2. The maximum Gasteiger partial charge on any atom is 0.340 e. The number of aliphatic hydroxyl groups is 1. The minimum Gasteiger partial charge on any atom is -0.508 e. The van der Waals surface area contributed by atoms with Crippen molar-refractivity contribution in [1.29, 1.82) is 0 Å². The molecule has 7 nitrogen and oxygen atoms in total. The number of aliphatic hydroxyl groups excluding tert-OH is 1. The molecule has 0 aliphatic heterocycles. The molecule has 2 rings (SSSR count). The van der Waals surface area contributed by atoms with E-state index in [9.17, 15) is 19.8 Å². The van der Waals surface area contributed by atoms with E-state index in [4.69, 9.17) is 9.52 Å². The highest BCUT2D eigenvalue weighted by Crippen LogP contribution is 2.32. The lowest BCUT2D eigenvalue weighted by Gasteiger charge is -2.10. The highest BCUT2D eigenvalue weighted by Gasteiger charge is 2.17. The van der Waals surface area contributed by atoms with Crippen molar-refractivity contribution >= 4 is 16.9 Å². The number of hydrogen-bond acceptors (Lipinski definition) is 6. The lowest BCUT2D eigenvalue weighted by molar-refractivity contribution is -0.120. The number of aryl methyl sites for hydroxylation is 1. The number of rotatable bonds is 4. The van der Waals surface area contributed by atoms with Gasteiger partial charge in [0.15, 0.2) is 0 Å². The van der Waals surface area contributed by atoms with Gasteiger partial charge in [0.2, 0.25) is 5.91 Å². The second kappa shape index (κ2) is 6.07. The molecule has 1 atom stereocenters. The Balaban J connectivity index is 2.43. The van der Waals surface area contributed by atoms with E-state index >= 15 is 0 Å². The molecule has 0 spiro atoms. The lowest BCUT2D eigenvalue weighted by atomic mass is 10.0. The summed E-state index contributed by atoms with van der Waals surface area (Å²) in [6.07, 6.45) is -0.915. The van der Waals surface area contributed by atoms with Gasteiger partial charge in [0, 0.05) is 18.7 Å². The lowest BCUT2D eigenvalue weighted by Crippen LogP contribution is -2.33. The zero-order chi connectivity index (χ0) is 16.4. The Labute approximate surface area is 125 Å². The molecule has 0 saturated heterocycles. The monoisotopic (exact) mass is 307 g/mol. The number of aromatic hydroxyl groups is 2. The van der Waals surface area contributed by atoms with Crippen molar-refractivity contribution < 1.29 is 24.5 Å². The van der Waals surface area contributed by atoms with Gasteiger partial charge in [-0.1, -0.05) is 0 Å². The summed E-state index contributed by atoms with van der Waals surface area (Å²) in [4.78, 5) is 23.8. The van der Waals surface area contributed by atoms with Crippen molar-refractivity contribution in [2.45, 2.75) is 26.4 Å². The molecule has 22 heavy (non-hydrogen) atoms. The van der Waals surface area contributed by atoms with Crippen molar-refractivity contribution in [3.8, 4) is 11.5 Å². The van der Waals surface area contributed by atoms with Gasteiger partial charge in [-0.05, 0) is 19.4 Å². The van der Waals surface area contributed by atoms with E-state index in [1.165, 1.54) is 13.0 Å². The summed E-state index contributed by atoms with van der Waals surface area (Å²) in [6.45, 7) is 3.20. The molecule has 0 aliphatic rings. The molecule has 4 N–H and O–H groups in total. The van der Waals surface area contributed by atoms with Gasteiger partial charge in [-0.25, -0.2) is 4.79 Å². The zero-order valence-electron chi connectivity index (χ0n) is 12.2. The van der Waals surface area contributed by atoms with Gasteiger partial charge in [-0.3, -0.25) is 4.79 Å². The third-order valence-corrected chi connectivity index (χ3v) is 3.27. The van der Waals surface area contributed by atoms with Gasteiger partial charge in [-0.15, -0.1) is 0 Å². The van der Waals surface area contributed by atoms with Crippen LogP contribution in [-0.2, 0) is 11.2 Å². The fourth-order valence-electron chi connectivity index (χ4n) is 2.20. The highest BCUT2D eigenvalue weighted by molar-refractivity contribution is 5.89. The van der Waals surface area contributed by atoms with Crippen LogP contribution in [0.5, 0.6) is 11.5 Å². The SMILES string of the molecule is Cc1c(CC(=O)NCC(C)O)c(=O)oc2cc(O)cc(O)c12. The Morgan fingerprint density at radius 3 is 2.68 bits per heavy atom. The molecular weight excluding hydrogens is 290 g/mol. The highest BCUT2D eigenvalue weighted by atomic mass is 16.4. The van der Waals surface area contributed by atoms with Crippen LogP contribution in [0, 0.1) is 6.92 Å². The molecule has 0 saturated carbocycles. The second-order valence-corrected chi connectivity index (χ2v) is 5.16. The third-order valence-electron chi connectivity index (χ3n) is 3.27. The minimum atomic E-state index is -0.706. The summed E-state index contributed by atoms with van der Waals surface area (Å²) in [5, 5.41) is 31.2. The fraction of sp³-hybridized carbons (Fsp3) is 0.333. The topological polar surface area (TPSA) is 120 Å². The van der Waals surface area contributed by atoms with E-state index in [1.54, 1.807) is 6.92 Å². The van der Waals surface area contributed by atoms with E-state index in [1.807, 2.05) is 0 Å². The molecule has 1 heterocycles. The average molecular weight is 307 g/mol. The van der Waals surface area contributed by atoms with Crippen LogP contribution in [0.4, 0.5) is 0 Å². The van der Waals surface area contributed by atoms with Crippen molar-refractivity contribution in [2.24, 2.45) is 0 Å². The average Bonchev–Trinajstić information content (AvgIpc) is 2.40. The van der Waals surface area contributed by atoms with Crippen LogP contribution in [0.25, 0.3) is 11.0 Å². The molecule has 1 aromatic heterocycles. The van der Waals surface area contributed by atoms with E-state index in [2.05, 4.69) is 5.32 Å². The van der Waals surface area contributed by atoms with Crippen molar-refractivity contribution in [2.75, 3.05) is 6.54 Å². The standard InChI is InChI=1S/C15H17NO6/c1-7(17)6-16-13(20)5-10-8(2)14-11(19)3-9(18)4-12(14)22-15(10)21/h3-4,7,17-19H,5-6H2,1-2H3,(H,16,20). The Bertz CT molecular complexity index is 778. The summed E-state index contributed by atoms with van der Waals surface area (Å²) in [7, 11) is 0. The normalized spacial score (nSPS) is 12.3. The van der Waals surface area contributed by atoms with Crippen LogP contribution in [0.15, 0.2) is 21.3 Å². The fourth-order valence-corrected chi connectivity index (χ4v) is 2.20. The number of hydrogen-bond donors (Lipinski definition) is 4. The number of benzene rings is 1. The van der Waals surface area contributed by atoms with E-state index in [0.717, 1.165) is 6.07 Å². The molecule has 0 aliphatic carbocycles. The van der Waals surface area contributed by atoms with Crippen LogP contribution in [-0.4, -0.2) is 33.9 Å². The van der Waals surface area contributed by atoms with Crippen molar-refractivity contribution in [3.63, 3.8) is 0 Å². The zero-order valence-corrected chi connectivity index (χ0v) is 12.2. The first kappa shape index (κ1) is 15.8. The molecular formula is C15H17NO6. The number of nitrogens with one attached hydrogen (secondary N) is 1. The summed E-state index contributed by atoms with van der Waals surface area (Å²) in [5.41, 5.74) is -0.122. The quantitative estimate of drug-likeness (QED) is 0.612. The predicted molar refractivity (Wildman–Crippen MR) is 78.9 cm³/mol. The summed E-state index contributed by atoms with van der Waals surface area (Å²) >= 11 is 0. The summed E-state index contributed by atoms with van der Waals surface area (Å²) < 4.78 is 5.06. The number of phenolic OH excluding ortho intramolecular Hbond substituents is 2. The first-order chi connectivity index (χ1) is 10.3. The van der Waals surface area contributed by atoms with Crippen molar-refractivity contribution in [3.05, 3.63) is 33.7 Å². The first-order valence-electron chi connectivity index (χ1n) is 6.72. The Hall–Kier alpha value is -2.54. The van der Waals surface area contributed by atoms with Gasteiger partial charge < -0.3 is 25.1 Å². The number of fused-ring (bicyclic) bond motifs is 1. The summed E-state index contributed by atoms with van der Waals surface area (Å²) in [5.74, 6) is -0.897. The molecule has 118 valence electrons. The van der Waals surface area contributed by atoms with Crippen LogP contribution >= 0.6 is 0 Å². The molecule has 1 unspecified atom stereocenters. The first-order valence-corrected chi connectivity index (χ1v) is 6.72. The minimum absolute atomic E-state index is 0.0492. The maximum absolute atomic E-state index is 12.0. The van der Waals surface area contributed by atoms with E-state index in [-0.39, 0.29) is 41.0 Å². The van der Waals surface area contributed by atoms with Gasteiger partial charge in [0.05, 0.1) is 23.5 Å². The molecule has 2 aromatic rings. The number of carbonyl (C=O) groups is 1. The summed E-state index contributed by atoms with van der Waals surface area (Å²) in [6, 6.07) is 2.35. The predicted octanol–water partition coefficient (Wildman–Crippen LogP) is 0.552.